The lowest BCUT2D eigenvalue weighted by molar-refractivity contribution is 0.0216. The Morgan fingerprint density at radius 3 is 2.32 bits per heavy atom. The molecule has 19 heavy (non-hydrogen) atoms. The van der Waals surface area contributed by atoms with E-state index in [1.807, 2.05) is 36.4 Å². The molecule has 0 aliphatic rings. The molecule has 0 saturated heterocycles. The van der Waals surface area contributed by atoms with Crippen LogP contribution in [-0.4, -0.2) is 0 Å². The minimum Gasteiger partial charge on any atom is -0.241 e. The van der Waals surface area contributed by atoms with Gasteiger partial charge in [0.2, 0.25) is 0 Å². The molecular formula is C15H10O4. The van der Waals surface area contributed by atoms with Gasteiger partial charge < -0.3 is 0 Å². The molecule has 1 aromatic heterocycles. The summed E-state index contributed by atoms with van der Waals surface area (Å²) in [6.45, 7) is 0. The van der Waals surface area contributed by atoms with Gasteiger partial charge in [-0.3, -0.25) is 0 Å². The van der Waals surface area contributed by atoms with Crippen LogP contribution in [0.25, 0.3) is 10.8 Å². The van der Waals surface area contributed by atoms with Gasteiger partial charge in [-0.15, -0.1) is 0 Å². The van der Waals surface area contributed by atoms with Gasteiger partial charge in [0, 0.05) is 0 Å². The minimum absolute atomic E-state index is 0.254. The van der Waals surface area contributed by atoms with Crippen LogP contribution in [0.3, 0.4) is 0 Å². The summed E-state index contributed by atoms with van der Waals surface area (Å²) >= 11 is 0. The lowest BCUT2D eigenvalue weighted by atomic mass is 10.0. The van der Waals surface area contributed by atoms with Crippen molar-refractivity contribution in [2.75, 3.05) is 0 Å². The Bertz CT molecular complexity index is 828. The van der Waals surface area contributed by atoms with Gasteiger partial charge in [-0.25, -0.2) is 18.7 Å². The monoisotopic (exact) mass is 254 g/mol. The van der Waals surface area contributed by atoms with Gasteiger partial charge >= 0.3 is 11.3 Å². The number of rotatable bonds is 2. The maximum atomic E-state index is 11.7. The van der Waals surface area contributed by atoms with E-state index in [9.17, 15) is 9.59 Å². The van der Waals surface area contributed by atoms with Gasteiger partial charge in [0.25, 0.3) is 0 Å². The van der Waals surface area contributed by atoms with Crippen molar-refractivity contribution in [2.45, 2.75) is 6.42 Å². The number of hydrogen-bond acceptors (Lipinski definition) is 4. The van der Waals surface area contributed by atoms with E-state index < -0.39 is 11.3 Å². The molecule has 0 atom stereocenters. The second-order valence-corrected chi connectivity index (χ2v) is 4.24. The Morgan fingerprint density at radius 1 is 0.789 bits per heavy atom. The zero-order valence-electron chi connectivity index (χ0n) is 9.96. The smallest absolute Gasteiger partial charge is 0.241 e. The Balaban J connectivity index is 2.23. The first-order valence-corrected chi connectivity index (χ1v) is 5.84. The zero-order valence-corrected chi connectivity index (χ0v) is 9.96. The van der Waals surface area contributed by atoms with Crippen LogP contribution >= 0.6 is 0 Å². The largest absolute Gasteiger partial charge is 0.387 e. The first-order valence-electron chi connectivity index (χ1n) is 5.84. The van der Waals surface area contributed by atoms with Crippen molar-refractivity contribution in [3.8, 4) is 0 Å². The molecule has 0 spiro atoms. The van der Waals surface area contributed by atoms with E-state index in [0.29, 0.717) is 11.8 Å². The van der Waals surface area contributed by atoms with Gasteiger partial charge in [-0.2, -0.15) is 0 Å². The molecule has 0 bridgehead atoms. The molecule has 1 heterocycles. The van der Waals surface area contributed by atoms with Crippen molar-refractivity contribution in [3.63, 3.8) is 0 Å². The molecule has 3 aromatic rings. The van der Waals surface area contributed by atoms with Crippen LogP contribution in [0.15, 0.2) is 67.3 Å². The summed E-state index contributed by atoms with van der Waals surface area (Å²) in [6.07, 6.45) is 0.562. The fourth-order valence-electron chi connectivity index (χ4n) is 2.14. The molecule has 94 valence electrons. The average Bonchev–Trinajstić information content (AvgIpc) is 2.44. The summed E-state index contributed by atoms with van der Waals surface area (Å²) in [5.74, 6) is 0. The van der Waals surface area contributed by atoms with Crippen molar-refractivity contribution >= 4 is 10.8 Å². The van der Waals surface area contributed by atoms with Gasteiger partial charge in [0.05, 0.1) is 10.8 Å². The highest BCUT2D eigenvalue weighted by molar-refractivity contribution is 5.83. The first-order chi connectivity index (χ1) is 9.25. The fraction of sp³-hybridized carbons (Fsp3) is 0.0667. The van der Waals surface area contributed by atoms with Crippen LogP contribution in [-0.2, 0) is 6.42 Å². The summed E-state index contributed by atoms with van der Waals surface area (Å²) in [4.78, 5) is 23.3. The van der Waals surface area contributed by atoms with Crippen LogP contribution in [0.5, 0.6) is 0 Å². The Labute approximate surface area is 107 Å². The van der Waals surface area contributed by atoms with Crippen molar-refractivity contribution < 1.29 is 9.15 Å². The molecule has 0 amide bonds. The predicted octanol–water partition coefficient (Wildman–Crippen LogP) is 2.34. The number of benzene rings is 2. The summed E-state index contributed by atoms with van der Waals surface area (Å²) in [6, 6.07) is 14.8. The molecule has 0 N–H and O–H groups in total. The SMILES string of the molecule is O=c1ooc(=O)c2c(Cc3ccccc3)cccc12. The molecule has 2 aromatic carbocycles. The molecule has 0 unspecified atom stereocenters. The van der Waals surface area contributed by atoms with E-state index in [2.05, 4.69) is 9.15 Å². The molecular weight excluding hydrogens is 244 g/mol. The second kappa shape index (κ2) is 4.57. The van der Waals surface area contributed by atoms with Crippen LogP contribution in [0.1, 0.15) is 11.1 Å². The number of hydrogen-bond donors (Lipinski definition) is 0. The number of fused-ring (bicyclic) bond motifs is 1. The van der Waals surface area contributed by atoms with Crippen molar-refractivity contribution in [3.05, 3.63) is 80.5 Å². The summed E-state index contributed by atoms with van der Waals surface area (Å²) in [5.41, 5.74) is 0.554. The molecule has 0 aliphatic heterocycles. The maximum Gasteiger partial charge on any atom is 0.387 e. The lowest BCUT2D eigenvalue weighted by Crippen LogP contribution is -2.11. The van der Waals surface area contributed by atoms with Gasteiger partial charge in [0.1, 0.15) is 0 Å². The Kier molecular flexibility index (Phi) is 2.76. The maximum absolute atomic E-state index is 11.7. The summed E-state index contributed by atoms with van der Waals surface area (Å²) < 4.78 is 8.74. The molecule has 0 radical (unpaired) electrons. The first kappa shape index (κ1) is 11.5. The van der Waals surface area contributed by atoms with Crippen molar-refractivity contribution in [1.29, 1.82) is 0 Å². The second-order valence-electron chi connectivity index (χ2n) is 4.24. The van der Waals surface area contributed by atoms with E-state index in [1.165, 1.54) is 0 Å². The third kappa shape index (κ3) is 2.08. The standard InChI is InChI=1S/C15H10O4/c16-14-12-8-4-7-11(13(12)15(17)19-18-14)9-10-5-2-1-3-6-10/h1-8H,9H2. The molecule has 0 saturated carbocycles. The van der Waals surface area contributed by atoms with E-state index in [0.717, 1.165) is 11.1 Å². The van der Waals surface area contributed by atoms with Gasteiger partial charge in [0.15, 0.2) is 0 Å². The molecule has 4 nitrogen and oxygen atoms in total. The Morgan fingerprint density at radius 2 is 1.53 bits per heavy atom. The van der Waals surface area contributed by atoms with E-state index in [-0.39, 0.29) is 5.39 Å². The van der Waals surface area contributed by atoms with Crippen molar-refractivity contribution in [2.24, 2.45) is 0 Å². The van der Waals surface area contributed by atoms with E-state index in [4.69, 9.17) is 0 Å². The van der Waals surface area contributed by atoms with Crippen LogP contribution < -0.4 is 11.3 Å². The third-order valence-electron chi connectivity index (χ3n) is 3.01. The zero-order chi connectivity index (χ0) is 13.2. The highest BCUT2D eigenvalue weighted by atomic mass is 17.0. The Hall–Kier alpha value is -2.62. The fourth-order valence-corrected chi connectivity index (χ4v) is 2.14. The average molecular weight is 254 g/mol. The van der Waals surface area contributed by atoms with Gasteiger partial charge in [-0.05, 0) is 23.6 Å². The lowest BCUT2D eigenvalue weighted by Gasteiger charge is -2.03. The predicted molar refractivity (Wildman–Crippen MR) is 70.3 cm³/mol. The summed E-state index contributed by atoms with van der Waals surface area (Å²) in [7, 11) is 0. The minimum atomic E-state index is -0.635. The van der Waals surface area contributed by atoms with Crippen molar-refractivity contribution in [1.82, 2.24) is 0 Å². The topological polar surface area (TPSA) is 60.4 Å². The highest BCUT2D eigenvalue weighted by Crippen LogP contribution is 2.16. The van der Waals surface area contributed by atoms with Gasteiger partial charge in [-0.1, -0.05) is 42.5 Å². The summed E-state index contributed by atoms with van der Waals surface area (Å²) in [5, 5.41) is 0.548. The van der Waals surface area contributed by atoms with Crippen LogP contribution in [0, 0.1) is 0 Å². The third-order valence-corrected chi connectivity index (χ3v) is 3.01. The normalized spacial score (nSPS) is 10.7. The van der Waals surface area contributed by atoms with E-state index >= 15 is 0 Å². The molecule has 0 fully saturated rings. The molecule has 4 heteroatoms. The van der Waals surface area contributed by atoms with Crippen LogP contribution in [0.4, 0.5) is 0 Å². The molecule has 0 aliphatic carbocycles. The van der Waals surface area contributed by atoms with E-state index in [1.54, 1.807) is 12.1 Å². The highest BCUT2D eigenvalue weighted by Gasteiger charge is 2.11. The quantitative estimate of drug-likeness (QED) is 0.658. The molecule has 3 rings (SSSR count). The van der Waals surface area contributed by atoms with Crippen LogP contribution in [0.2, 0.25) is 0 Å².